The van der Waals surface area contributed by atoms with Gasteiger partial charge in [0.2, 0.25) is 5.89 Å². The molecule has 0 aliphatic carbocycles. The van der Waals surface area contributed by atoms with E-state index in [1.165, 1.54) is 5.57 Å². The van der Waals surface area contributed by atoms with Crippen LogP contribution in [0.5, 0.6) is 0 Å². The lowest BCUT2D eigenvalue weighted by molar-refractivity contribution is 0.508. The lowest BCUT2D eigenvalue weighted by Gasteiger charge is -2.10. The molecule has 0 aromatic carbocycles. The highest BCUT2D eigenvalue weighted by atomic mass is 35.5. The quantitative estimate of drug-likeness (QED) is 0.751. The van der Waals surface area contributed by atoms with E-state index in [0.717, 1.165) is 31.2 Å². The number of nitrogens with one attached hydrogen (secondary N) is 1. The number of aromatic nitrogens is 1. The molecule has 4 heteroatoms. The van der Waals surface area contributed by atoms with Crippen molar-refractivity contribution in [3.8, 4) is 0 Å². The van der Waals surface area contributed by atoms with E-state index in [4.69, 9.17) is 4.42 Å². The zero-order valence-electron chi connectivity index (χ0n) is 7.54. The number of hydrogen-bond acceptors (Lipinski definition) is 3. The van der Waals surface area contributed by atoms with Crippen molar-refractivity contribution < 1.29 is 4.42 Å². The Kier molecular flexibility index (Phi) is 3.51. The van der Waals surface area contributed by atoms with Crippen LogP contribution < -0.4 is 5.32 Å². The standard InChI is InChI=1S/C9H12N2O.ClH/c1-7-5-11-9(12-7)8-3-2-4-10-6-8;/h3,5,10H,2,4,6H2,1H3;1H. The van der Waals surface area contributed by atoms with Crippen molar-refractivity contribution in [3.05, 3.63) is 23.9 Å². The van der Waals surface area contributed by atoms with E-state index in [-0.39, 0.29) is 12.4 Å². The van der Waals surface area contributed by atoms with Crippen molar-refractivity contribution in [1.82, 2.24) is 10.3 Å². The Labute approximate surface area is 83.6 Å². The third kappa shape index (κ3) is 2.32. The molecule has 1 aliphatic heterocycles. The van der Waals surface area contributed by atoms with E-state index in [2.05, 4.69) is 16.4 Å². The number of aryl methyl sites for hydroxylation is 1. The van der Waals surface area contributed by atoms with Crippen LogP contribution >= 0.6 is 12.4 Å². The molecule has 0 saturated heterocycles. The van der Waals surface area contributed by atoms with E-state index in [0.29, 0.717) is 0 Å². The van der Waals surface area contributed by atoms with Crippen molar-refractivity contribution in [2.45, 2.75) is 13.3 Å². The van der Waals surface area contributed by atoms with E-state index < -0.39 is 0 Å². The van der Waals surface area contributed by atoms with Crippen LogP contribution in [0.3, 0.4) is 0 Å². The highest BCUT2D eigenvalue weighted by molar-refractivity contribution is 5.85. The summed E-state index contributed by atoms with van der Waals surface area (Å²) in [4.78, 5) is 4.16. The summed E-state index contributed by atoms with van der Waals surface area (Å²) in [6.07, 6.45) is 5.00. The maximum absolute atomic E-state index is 5.40. The smallest absolute Gasteiger partial charge is 0.223 e. The van der Waals surface area contributed by atoms with Gasteiger partial charge in [-0.2, -0.15) is 0 Å². The van der Waals surface area contributed by atoms with Gasteiger partial charge in [-0.1, -0.05) is 6.08 Å². The molecule has 0 atom stereocenters. The zero-order valence-corrected chi connectivity index (χ0v) is 8.36. The van der Waals surface area contributed by atoms with Crippen molar-refractivity contribution >= 4 is 18.0 Å². The molecular weight excluding hydrogens is 188 g/mol. The second-order valence-corrected chi connectivity index (χ2v) is 2.97. The summed E-state index contributed by atoms with van der Waals surface area (Å²) < 4.78 is 5.40. The molecule has 2 rings (SSSR count). The number of nitrogens with zero attached hydrogens (tertiary/aromatic N) is 1. The minimum Gasteiger partial charge on any atom is -0.442 e. The molecule has 1 N–H and O–H groups in total. The molecular formula is C9H13ClN2O. The molecule has 1 aliphatic rings. The average molecular weight is 201 g/mol. The van der Waals surface area contributed by atoms with Crippen molar-refractivity contribution in [1.29, 1.82) is 0 Å². The topological polar surface area (TPSA) is 38.1 Å². The Hall–Kier alpha value is -0.800. The van der Waals surface area contributed by atoms with Gasteiger partial charge in [0, 0.05) is 12.1 Å². The summed E-state index contributed by atoms with van der Waals surface area (Å²) in [5.74, 6) is 1.64. The first-order valence-electron chi connectivity index (χ1n) is 4.19. The Bertz CT molecular complexity index is 306. The van der Waals surface area contributed by atoms with Crippen LogP contribution in [0.1, 0.15) is 18.1 Å². The monoisotopic (exact) mass is 200 g/mol. The van der Waals surface area contributed by atoms with Crippen molar-refractivity contribution in [2.75, 3.05) is 13.1 Å². The van der Waals surface area contributed by atoms with Crippen LogP contribution in [0.15, 0.2) is 16.7 Å². The largest absolute Gasteiger partial charge is 0.442 e. The van der Waals surface area contributed by atoms with Gasteiger partial charge < -0.3 is 9.73 Å². The summed E-state index contributed by atoms with van der Waals surface area (Å²) >= 11 is 0. The highest BCUT2D eigenvalue weighted by Crippen LogP contribution is 2.15. The fourth-order valence-corrected chi connectivity index (χ4v) is 1.31. The number of oxazole rings is 1. The van der Waals surface area contributed by atoms with Gasteiger partial charge in [0.05, 0.1) is 6.20 Å². The maximum Gasteiger partial charge on any atom is 0.223 e. The molecule has 0 unspecified atom stereocenters. The summed E-state index contributed by atoms with van der Waals surface area (Å²) in [5, 5.41) is 3.27. The fraction of sp³-hybridized carbons (Fsp3) is 0.444. The number of hydrogen-bond donors (Lipinski definition) is 1. The molecule has 0 spiro atoms. The third-order valence-electron chi connectivity index (χ3n) is 1.92. The van der Waals surface area contributed by atoms with Crippen LogP contribution in [0.2, 0.25) is 0 Å². The lowest BCUT2D eigenvalue weighted by Crippen LogP contribution is -2.21. The molecule has 0 fully saturated rings. The first kappa shape index (κ1) is 10.3. The van der Waals surface area contributed by atoms with E-state index in [9.17, 15) is 0 Å². The van der Waals surface area contributed by atoms with Crippen LogP contribution in [0, 0.1) is 6.92 Å². The molecule has 72 valence electrons. The summed E-state index contributed by atoms with van der Waals surface area (Å²) in [5.41, 5.74) is 1.18. The Morgan fingerprint density at radius 2 is 2.38 bits per heavy atom. The van der Waals surface area contributed by atoms with Crippen molar-refractivity contribution in [2.24, 2.45) is 0 Å². The molecule has 3 nitrogen and oxygen atoms in total. The normalized spacial score (nSPS) is 16.2. The van der Waals surface area contributed by atoms with Crippen LogP contribution in [0.25, 0.3) is 5.57 Å². The van der Waals surface area contributed by atoms with Crippen LogP contribution in [-0.4, -0.2) is 18.1 Å². The average Bonchev–Trinajstić information content (AvgIpc) is 2.54. The first-order chi connectivity index (χ1) is 5.86. The van der Waals surface area contributed by atoms with Crippen molar-refractivity contribution in [3.63, 3.8) is 0 Å². The van der Waals surface area contributed by atoms with E-state index in [1.807, 2.05) is 6.92 Å². The summed E-state index contributed by atoms with van der Waals surface area (Å²) in [7, 11) is 0. The molecule has 1 aromatic rings. The second kappa shape index (κ2) is 4.44. The van der Waals surface area contributed by atoms with E-state index >= 15 is 0 Å². The highest BCUT2D eigenvalue weighted by Gasteiger charge is 2.09. The molecule has 0 amide bonds. The van der Waals surface area contributed by atoms with Crippen LogP contribution in [-0.2, 0) is 0 Å². The summed E-state index contributed by atoms with van der Waals surface area (Å²) in [6.45, 7) is 3.84. The molecule has 13 heavy (non-hydrogen) atoms. The van der Waals surface area contributed by atoms with Gasteiger partial charge in [0.25, 0.3) is 0 Å². The van der Waals surface area contributed by atoms with Gasteiger partial charge >= 0.3 is 0 Å². The van der Waals surface area contributed by atoms with Gasteiger partial charge in [-0.3, -0.25) is 0 Å². The number of halogens is 1. The SMILES string of the molecule is Cc1cnc(C2=CCCNC2)o1.Cl. The predicted octanol–water partition coefficient (Wildman–Crippen LogP) is 1.78. The molecule has 2 heterocycles. The Morgan fingerprint density at radius 1 is 1.54 bits per heavy atom. The van der Waals surface area contributed by atoms with Gasteiger partial charge in [0.15, 0.2) is 0 Å². The predicted molar refractivity (Wildman–Crippen MR) is 54.0 cm³/mol. The minimum atomic E-state index is 0. The zero-order chi connectivity index (χ0) is 8.39. The molecule has 0 bridgehead atoms. The number of rotatable bonds is 1. The first-order valence-corrected chi connectivity index (χ1v) is 4.19. The van der Waals surface area contributed by atoms with Gasteiger partial charge in [-0.05, 0) is 19.9 Å². The van der Waals surface area contributed by atoms with E-state index in [1.54, 1.807) is 6.20 Å². The molecule has 0 saturated carbocycles. The second-order valence-electron chi connectivity index (χ2n) is 2.97. The van der Waals surface area contributed by atoms with Crippen LogP contribution in [0.4, 0.5) is 0 Å². The lowest BCUT2D eigenvalue weighted by atomic mass is 10.1. The molecule has 1 aromatic heterocycles. The fourth-order valence-electron chi connectivity index (χ4n) is 1.31. The Balaban J connectivity index is 0.000000845. The van der Waals surface area contributed by atoms with Gasteiger partial charge in [0.1, 0.15) is 5.76 Å². The van der Waals surface area contributed by atoms with Gasteiger partial charge in [-0.15, -0.1) is 12.4 Å². The summed E-state index contributed by atoms with van der Waals surface area (Å²) in [6, 6.07) is 0. The molecule has 0 radical (unpaired) electrons. The third-order valence-corrected chi connectivity index (χ3v) is 1.92. The van der Waals surface area contributed by atoms with Gasteiger partial charge in [-0.25, -0.2) is 4.98 Å². The maximum atomic E-state index is 5.40. The Morgan fingerprint density at radius 3 is 2.92 bits per heavy atom. The minimum absolute atomic E-state index is 0.